The first-order chi connectivity index (χ1) is 10.3. The lowest BCUT2D eigenvalue weighted by Crippen LogP contribution is -1.90. The molecule has 0 bridgehead atoms. The number of aryl methyl sites for hydroxylation is 2. The molecule has 0 saturated carbocycles. The van der Waals surface area contributed by atoms with E-state index in [4.69, 9.17) is 11.6 Å². The van der Waals surface area contributed by atoms with Crippen LogP contribution in [0.15, 0.2) is 48.5 Å². The van der Waals surface area contributed by atoms with Crippen LogP contribution in [0.5, 0.6) is 0 Å². The lowest BCUT2D eigenvalue weighted by Gasteiger charge is -2.11. The maximum atomic E-state index is 11.4. The summed E-state index contributed by atoms with van der Waals surface area (Å²) >= 11 is 6.13. The van der Waals surface area contributed by atoms with E-state index >= 15 is 0 Å². The number of carbonyl (C=O) groups is 1. The average Bonchev–Trinajstić information content (AvgIpc) is 2.93. The summed E-state index contributed by atoms with van der Waals surface area (Å²) < 4.78 is 0. The van der Waals surface area contributed by atoms with Crippen molar-refractivity contribution in [2.75, 3.05) is 0 Å². The third-order valence-electron chi connectivity index (χ3n) is 4.31. The SMILES string of the molecule is O=Cc1ccc(Cl)cc1-c1ccc2c3c(cccc13)CC2. The van der Waals surface area contributed by atoms with Gasteiger partial charge in [0.2, 0.25) is 0 Å². The normalized spacial score (nSPS) is 12.8. The van der Waals surface area contributed by atoms with E-state index in [-0.39, 0.29) is 0 Å². The monoisotopic (exact) mass is 292 g/mol. The van der Waals surface area contributed by atoms with Gasteiger partial charge in [0.1, 0.15) is 0 Å². The van der Waals surface area contributed by atoms with Crippen LogP contribution in [0.1, 0.15) is 21.5 Å². The Hall–Kier alpha value is -2.12. The molecule has 4 rings (SSSR count). The fourth-order valence-electron chi connectivity index (χ4n) is 3.35. The highest BCUT2D eigenvalue weighted by molar-refractivity contribution is 6.31. The minimum Gasteiger partial charge on any atom is -0.298 e. The lowest BCUT2D eigenvalue weighted by atomic mass is 9.93. The third kappa shape index (κ3) is 1.89. The van der Waals surface area contributed by atoms with Gasteiger partial charge >= 0.3 is 0 Å². The van der Waals surface area contributed by atoms with E-state index in [0.717, 1.165) is 30.3 Å². The molecular weight excluding hydrogens is 280 g/mol. The van der Waals surface area contributed by atoms with Crippen LogP contribution in [-0.4, -0.2) is 6.29 Å². The van der Waals surface area contributed by atoms with Crippen molar-refractivity contribution in [2.45, 2.75) is 12.8 Å². The molecule has 1 aliphatic carbocycles. The molecule has 0 radical (unpaired) electrons. The van der Waals surface area contributed by atoms with Crippen molar-refractivity contribution < 1.29 is 4.79 Å². The summed E-state index contributed by atoms with van der Waals surface area (Å²) in [6, 6.07) is 16.2. The van der Waals surface area contributed by atoms with Crippen molar-refractivity contribution in [3.63, 3.8) is 0 Å². The molecular formula is C19H13ClO. The van der Waals surface area contributed by atoms with Crippen LogP contribution in [0.25, 0.3) is 21.9 Å². The van der Waals surface area contributed by atoms with E-state index in [1.54, 1.807) is 12.1 Å². The van der Waals surface area contributed by atoms with E-state index in [2.05, 4.69) is 30.3 Å². The second-order valence-electron chi connectivity index (χ2n) is 5.46. The Bertz CT molecular complexity index is 870. The second-order valence-corrected chi connectivity index (χ2v) is 5.90. The highest BCUT2D eigenvalue weighted by Crippen LogP contribution is 2.38. The molecule has 3 aromatic rings. The first-order valence-corrected chi connectivity index (χ1v) is 7.44. The van der Waals surface area contributed by atoms with Gasteiger partial charge in [-0.05, 0) is 64.1 Å². The summed E-state index contributed by atoms with van der Waals surface area (Å²) in [5, 5.41) is 3.22. The molecule has 0 aromatic heterocycles. The Labute approximate surface area is 128 Å². The van der Waals surface area contributed by atoms with Gasteiger partial charge in [0.25, 0.3) is 0 Å². The molecule has 21 heavy (non-hydrogen) atoms. The molecule has 102 valence electrons. The molecule has 1 nitrogen and oxygen atoms in total. The molecule has 0 amide bonds. The van der Waals surface area contributed by atoms with Crippen molar-refractivity contribution >= 4 is 28.7 Å². The van der Waals surface area contributed by atoms with E-state index in [0.29, 0.717) is 10.6 Å². The van der Waals surface area contributed by atoms with E-state index in [1.165, 1.54) is 21.9 Å². The Morgan fingerprint density at radius 3 is 2.52 bits per heavy atom. The predicted molar refractivity (Wildman–Crippen MR) is 87.2 cm³/mol. The van der Waals surface area contributed by atoms with Crippen molar-refractivity contribution in [1.29, 1.82) is 0 Å². The highest BCUT2D eigenvalue weighted by atomic mass is 35.5. The quantitative estimate of drug-likeness (QED) is 0.603. The maximum absolute atomic E-state index is 11.4. The smallest absolute Gasteiger partial charge is 0.150 e. The summed E-state index contributed by atoms with van der Waals surface area (Å²) in [4.78, 5) is 11.4. The lowest BCUT2D eigenvalue weighted by molar-refractivity contribution is 0.112. The Balaban J connectivity index is 2.09. The molecule has 1 aliphatic rings. The zero-order valence-electron chi connectivity index (χ0n) is 11.4. The molecule has 0 saturated heterocycles. The second kappa shape index (κ2) is 4.71. The van der Waals surface area contributed by atoms with Gasteiger partial charge < -0.3 is 0 Å². The van der Waals surface area contributed by atoms with Crippen LogP contribution >= 0.6 is 11.6 Å². The molecule has 0 fully saturated rings. The van der Waals surface area contributed by atoms with Gasteiger partial charge in [-0.15, -0.1) is 0 Å². The predicted octanol–water partition coefficient (Wildman–Crippen LogP) is 5.07. The summed E-state index contributed by atoms with van der Waals surface area (Å²) in [6.07, 6.45) is 3.10. The first kappa shape index (κ1) is 12.6. The van der Waals surface area contributed by atoms with Crippen molar-refractivity contribution in [3.05, 3.63) is 70.2 Å². The standard InChI is InChI=1S/C19H13ClO/c20-15-8-6-14(11-21)18(10-15)16-9-7-13-5-4-12-2-1-3-17(16)19(12)13/h1-3,6-11H,4-5H2. The zero-order valence-corrected chi connectivity index (χ0v) is 12.2. The number of hydrogen-bond donors (Lipinski definition) is 0. The third-order valence-corrected chi connectivity index (χ3v) is 4.54. The van der Waals surface area contributed by atoms with Crippen LogP contribution in [0, 0.1) is 0 Å². The Morgan fingerprint density at radius 2 is 1.71 bits per heavy atom. The van der Waals surface area contributed by atoms with Crippen LogP contribution < -0.4 is 0 Å². The number of carbonyl (C=O) groups excluding carboxylic acids is 1. The van der Waals surface area contributed by atoms with Gasteiger partial charge in [-0.3, -0.25) is 4.79 Å². The molecule has 0 aliphatic heterocycles. The molecule has 0 unspecified atom stereocenters. The summed E-state index contributed by atoms with van der Waals surface area (Å²) in [6.45, 7) is 0. The van der Waals surface area contributed by atoms with Crippen LogP contribution in [-0.2, 0) is 12.8 Å². The van der Waals surface area contributed by atoms with Crippen molar-refractivity contribution in [2.24, 2.45) is 0 Å². The number of rotatable bonds is 2. The highest BCUT2D eigenvalue weighted by Gasteiger charge is 2.17. The van der Waals surface area contributed by atoms with Crippen molar-refractivity contribution in [3.8, 4) is 11.1 Å². The molecule has 0 N–H and O–H groups in total. The van der Waals surface area contributed by atoms with Gasteiger partial charge in [0, 0.05) is 10.6 Å². The van der Waals surface area contributed by atoms with E-state index in [1.807, 2.05) is 6.07 Å². The Kier molecular flexibility index (Phi) is 2.83. The maximum Gasteiger partial charge on any atom is 0.150 e. The minimum absolute atomic E-state index is 0.652. The molecule has 0 heterocycles. The van der Waals surface area contributed by atoms with E-state index in [9.17, 15) is 4.79 Å². The number of hydrogen-bond acceptors (Lipinski definition) is 1. The van der Waals surface area contributed by atoms with Crippen LogP contribution in [0.2, 0.25) is 5.02 Å². The molecule has 2 heteroatoms. The van der Waals surface area contributed by atoms with Crippen LogP contribution in [0.4, 0.5) is 0 Å². The van der Waals surface area contributed by atoms with Gasteiger partial charge in [0.15, 0.2) is 6.29 Å². The average molecular weight is 293 g/mol. The van der Waals surface area contributed by atoms with Gasteiger partial charge in [-0.2, -0.15) is 0 Å². The fraction of sp³-hybridized carbons (Fsp3) is 0.105. The number of aldehydes is 1. The Morgan fingerprint density at radius 1 is 0.905 bits per heavy atom. The largest absolute Gasteiger partial charge is 0.298 e. The zero-order chi connectivity index (χ0) is 14.4. The minimum atomic E-state index is 0.652. The van der Waals surface area contributed by atoms with Crippen molar-refractivity contribution in [1.82, 2.24) is 0 Å². The summed E-state index contributed by atoms with van der Waals surface area (Å²) in [7, 11) is 0. The van der Waals surface area contributed by atoms with Gasteiger partial charge in [0.05, 0.1) is 0 Å². The molecule has 0 atom stereocenters. The summed E-state index contributed by atoms with van der Waals surface area (Å²) in [5.74, 6) is 0. The van der Waals surface area contributed by atoms with Crippen LogP contribution in [0.3, 0.4) is 0 Å². The van der Waals surface area contributed by atoms with Gasteiger partial charge in [-0.1, -0.05) is 41.9 Å². The summed E-state index contributed by atoms with van der Waals surface area (Å²) in [5.41, 5.74) is 5.48. The van der Waals surface area contributed by atoms with Gasteiger partial charge in [-0.25, -0.2) is 0 Å². The number of benzene rings is 3. The molecule has 3 aromatic carbocycles. The topological polar surface area (TPSA) is 17.1 Å². The van der Waals surface area contributed by atoms with E-state index < -0.39 is 0 Å². The first-order valence-electron chi connectivity index (χ1n) is 7.06. The fourth-order valence-corrected chi connectivity index (χ4v) is 3.52. The number of halogens is 1. The molecule has 0 spiro atoms.